The van der Waals surface area contributed by atoms with Gasteiger partial charge in [0.05, 0.1) is 11.4 Å². The molecule has 3 rings (SSSR count). The molecule has 0 spiro atoms. The predicted octanol–water partition coefficient (Wildman–Crippen LogP) is 2.31. The Hall–Kier alpha value is -2.16. The molecule has 3 heteroatoms. The van der Waals surface area contributed by atoms with Crippen LogP contribution in [0.3, 0.4) is 0 Å². The summed E-state index contributed by atoms with van der Waals surface area (Å²) in [5.74, 6) is 0.101. The van der Waals surface area contributed by atoms with Crippen LogP contribution in [-0.2, 0) is 6.54 Å². The SMILES string of the molecule is O=C1CCn2c1ccc2C(=O)c1ccccc1. The van der Waals surface area contributed by atoms with E-state index in [2.05, 4.69) is 0 Å². The second-order valence-corrected chi connectivity index (χ2v) is 4.12. The minimum atomic E-state index is -0.0217. The highest BCUT2D eigenvalue weighted by molar-refractivity contribution is 6.09. The Balaban J connectivity index is 2.04. The molecule has 0 atom stereocenters. The first-order valence-electron chi connectivity index (χ1n) is 5.60. The Labute approximate surface area is 98.7 Å². The van der Waals surface area contributed by atoms with E-state index in [1.54, 1.807) is 24.3 Å². The van der Waals surface area contributed by atoms with Crippen molar-refractivity contribution in [3.63, 3.8) is 0 Å². The van der Waals surface area contributed by atoms with Gasteiger partial charge in [0.25, 0.3) is 0 Å². The normalized spacial score (nSPS) is 13.8. The van der Waals surface area contributed by atoms with Gasteiger partial charge in [0.2, 0.25) is 5.78 Å². The first-order chi connectivity index (χ1) is 8.27. The van der Waals surface area contributed by atoms with Crippen LogP contribution in [0.25, 0.3) is 0 Å². The molecule has 84 valence electrons. The van der Waals surface area contributed by atoms with Gasteiger partial charge in [-0.05, 0) is 12.1 Å². The van der Waals surface area contributed by atoms with Crippen LogP contribution in [0.15, 0.2) is 42.5 Å². The number of carbonyl (C=O) groups is 2. The summed E-state index contributed by atoms with van der Waals surface area (Å²) in [7, 11) is 0. The Kier molecular flexibility index (Phi) is 2.18. The summed E-state index contributed by atoms with van der Waals surface area (Å²) in [5, 5.41) is 0. The van der Waals surface area contributed by atoms with Crippen LogP contribution in [0.5, 0.6) is 0 Å². The number of ketones is 2. The molecule has 3 nitrogen and oxygen atoms in total. The molecular formula is C14H11NO2. The molecule has 0 N–H and O–H groups in total. The second kappa shape index (κ2) is 3.70. The zero-order valence-electron chi connectivity index (χ0n) is 9.22. The van der Waals surface area contributed by atoms with Gasteiger partial charge in [0.15, 0.2) is 5.78 Å². The number of rotatable bonds is 2. The molecule has 1 aliphatic heterocycles. The third kappa shape index (κ3) is 1.51. The molecule has 2 heterocycles. The number of aromatic nitrogens is 1. The van der Waals surface area contributed by atoms with E-state index in [1.807, 2.05) is 22.8 Å². The van der Waals surface area contributed by atoms with Gasteiger partial charge in [-0.15, -0.1) is 0 Å². The number of carbonyl (C=O) groups excluding carboxylic acids is 2. The molecule has 17 heavy (non-hydrogen) atoms. The van der Waals surface area contributed by atoms with Gasteiger partial charge in [-0.1, -0.05) is 30.3 Å². The summed E-state index contributed by atoms with van der Waals surface area (Å²) in [5.41, 5.74) is 1.93. The lowest BCUT2D eigenvalue weighted by atomic mass is 10.1. The molecule has 1 aromatic carbocycles. The maximum atomic E-state index is 12.2. The molecule has 0 saturated carbocycles. The Morgan fingerprint density at radius 3 is 2.59 bits per heavy atom. The minimum Gasteiger partial charge on any atom is -0.335 e. The Morgan fingerprint density at radius 2 is 1.82 bits per heavy atom. The Bertz CT molecular complexity index is 596. The van der Waals surface area contributed by atoms with Crippen molar-refractivity contribution in [2.24, 2.45) is 0 Å². The third-order valence-corrected chi connectivity index (χ3v) is 3.10. The highest BCUT2D eigenvalue weighted by atomic mass is 16.1. The third-order valence-electron chi connectivity index (χ3n) is 3.10. The summed E-state index contributed by atoms with van der Waals surface area (Å²) >= 11 is 0. The van der Waals surface area contributed by atoms with Gasteiger partial charge in [-0.3, -0.25) is 9.59 Å². The molecule has 0 amide bonds. The first-order valence-corrected chi connectivity index (χ1v) is 5.60. The van der Waals surface area contributed by atoms with Crippen LogP contribution in [0.4, 0.5) is 0 Å². The second-order valence-electron chi connectivity index (χ2n) is 4.12. The molecule has 1 aliphatic rings. The number of fused-ring (bicyclic) bond motifs is 1. The number of nitrogens with zero attached hydrogens (tertiary/aromatic N) is 1. The van der Waals surface area contributed by atoms with Crippen molar-refractivity contribution >= 4 is 11.6 Å². The van der Waals surface area contributed by atoms with Crippen molar-refractivity contribution in [2.45, 2.75) is 13.0 Å². The van der Waals surface area contributed by atoms with Crippen LogP contribution in [-0.4, -0.2) is 16.1 Å². The molecule has 2 aromatic rings. The summed E-state index contributed by atoms with van der Waals surface area (Å²) in [6.45, 7) is 0.620. The topological polar surface area (TPSA) is 39.1 Å². The van der Waals surface area contributed by atoms with Crippen LogP contribution < -0.4 is 0 Å². The lowest BCUT2D eigenvalue weighted by Crippen LogP contribution is -2.08. The molecule has 0 saturated heterocycles. The van der Waals surface area contributed by atoms with Crippen molar-refractivity contribution < 1.29 is 9.59 Å². The average molecular weight is 225 g/mol. The van der Waals surface area contributed by atoms with Crippen LogP contribution >= 0.6 is 0 Å². The van der Waals surface area contributed by atoms with E-state index < -0.39 is 0 Å². The number of benzene rings is 1. The van der Waals surface area contributed by atoms with Gasteiger partial charge in [-0.2, -0.15) is 0 Å². The first kappa shape index (κ1) is 10.0. The molecule has 0 radical (unpaired) electrons. The highest BCUT2D eigenvalue weighted by Gasteiger charge is 2.24. The minimum absolute atomic E-state index is 0.0217. The summed E-state index contributed by atoms with van der Waals surface area (Å²) in [4.78, 5) is 23.7. The van der Waals surface area contributed by atoms with Gasteiger partial charge >= 0.3 is 0 Å². The summed E-state index contributed by atoms with van der Waals surface area (Å²) in [6, 6.07) is 12.6. The van der Waals surface area contributed by atoms with Crippen molar-refractivity contribution in [3.8, 4) is 0 Å². The monoisotopic (exact) mass is 225 g/mol. The van der Waals surface area contributed by atoms with Gasteiger partial charge in [0, 0.05) is 18.5 Å². The largest absolute Gasteiger partial charge is 0.335 e. The maximum Gasteiger partial charge on any atom is 0.209 e. The fourth-order valence-electron chi connectivity index (χ4n) is 2.23. The zero-order valence-corrected chi connectivity index (χ0v) is 9.22. The molecule has 0 fully saturated rings. The molecule has 1 aromatic heterocycles. The maximum absolute atomic E-state index is 12.2. The van der Waals surface area contributed by atoms with Crippen LogP contribution in [0.1, 0.15) is 33.0 Å². The van der Waals surface area contributed by atoms with Crippen molar-refractivity contribution in [2.75, 3.05) is 0 Å². The number of Topliss-reactive ketones (excluding diaryl/α,β-unsaturated/α-hetero) is 1. The number of hydrogen-bond donors (Lipinski definition) is 0. The fourth-order valence-corrected chi connectivity index (χ4v) is 2.23. The molecule has 0 unspecified atom stereocenters. The lowest BCUT2D eigenvalue weighted by molar-refractivity contribution is 0.0993. The van der Waals surface area contributed by atoms with Crippen LogP contribution in [0, 0.1) is 0 Å². The van der Waals surface area contributed by atoms with E-state index in [1.165, 1.54) is 0 Å². The standard InChI is InChI=1S/C14H11NO2/c16-13-8-9-15-11(13)6-7-12(15)14(17)10-4-2-1-3-5-10/h1-7H,8-9H2. The highest BCUT2D eigenvalue weighted by Crippen LogP contribution is 2.21. The smallest absolute Gasteiger partial charge is 0.209 e. The van der Waals surface area contributed by atoms with Gasteiger partial charge in [0.1, 0.15) is 0 Å². The average Bonchev–Trinajstić information content (AvgIpc) is 2.93. The summed E-state index contributed by atoms with van der Waals surface area (Å²) in [6.07, 6.45) is 0.505. The van der Waals surface area contributed by atoms with E-state index in [0.717, 1.165) is 0 Å². The van der Waals surface area contributed by atoms with Gasteiger partial charge in [-0.25, -0.2) is 0 Å². The van der Waals surface area contributed by atoms with E-state index >= 15 is 0 Å². The quantitative estimate of drug-likeness (QED) is 0.736. The molecule has 0 bridgehead atoms. The molecule has 0 aliphatic carbocycles. The van der Waals surface area contributed by atoms with Crippen molar-refractivity contribution in [1.29, 1.82) is 0 Å². The van der Waals surface area contributed by atoms with E-state index in [4.69, 9.17) is 0 Å². The van der Waals surface area contributed by atoms with Crippen molar-refractivity contribution in [3.05, 3.63) is 59.4 Å². The van der Waals surface area contributed by atoms with Crippen molar-refractivity contribution in [1.82, 2.24) is 4.57 Å². The van der Waals surface area contributed by atoms with Crippen LogP contribution in [0.2, 0.25) is 0 Å². The lowest BCUT2D eigenvalue weighted by Gasteiger charge is -2.04. The predicted molar refractivity (Wildman–Crippen MR) is 63.3 cm³/mol. The number of hydrogen-bond acceptors (Lipinski definition) is 2. The van der Waals surface area contributed by atoms with E-state index in [0.29, 0.717) is 29.9 Å². The van der Waals surface area contributed by atoms with E-state index in [-0.39, 0.29) is 11.6 Å². The Morgan fingerprint density at radius 1 is 1.06 bits per heavy atom. The van der Waals surface area contributed by atoms with E-state index in [9.17, 15) is 9.59 Å². The van der Waals surface area contributed by atoms with Gasteiger partial charge < -0.3 is 4.57 Å². The zero-order chi connectivity index (χ0) is 11.8. The fraction of sp³-hybridized carbons (Fsp3) is 0.143. The molecular weight excluding hydrogens is 214 g/mol. The summed E-state index contributed by atoms with van der Waals surface area (Å²) < 4.78 is 1.82.